The van der Waals surface area contributed by atoms with E-state index in [1.807, 2.05) is 25.1 Å². The van der Waals surface area contributed by atoms with Crippen LogP contribution in [0.25, 0.3) is 0 Å². The second-order valence-corrected chi connectivity index (χ2v) is 3.66. The van der Waals surface area contributed by atoms with Gasteiger partial charge in [0, 0.05) is 0 Å². The first kappa shape index (κ1) is 12.7. The molecule has 0 saturated carbocycles. The molecule has 0 aliphatic carbocycles. The fourth-order valence-electron chi connectivity index (χ4n) is 1.47. The van der Waals surface area contributed by atoms with E-state index in [1.54, 1.807) is 0 Å². The van der Waals surface area contributed by atoms with Crippen LogP contribution >= 0.6 is 0 Å². The van der Waals surface area contributed by atoms with Crippen molar-refractivity contribution in [3.05, 3.63) is 18.2 Å². The molecule has 0 aliphatic rings. The molecule has 0 aromatic heterocycles. The maximum Gasteiger partial charge on any atom is 0.146 e. The zero-order valence-corrected chi connectivity index (χ0v) is 10.2. The van der Waals surface area contributed by atoms with Gasteiger partial charge in [-0.25, -0.2) is 0 Å². The first-order valence-electron chi connectivity index (χ1n) is 5.93. The average molecular weight is 223 g/mol. The van der Waals surface area contributed by atoms with Gasteiger partial charge in [0.05, 0.1) is 13.2 Å². The van der Waals surface area contributed by atoms with Crippen LogP contribution in [-0.2, 0) is 0 Å². The summed E-state index contributed by atoms with van der Waals surface area (Å²) < 4.78 is 11.0. The number of nitrogen functional groups attached to an aromatic ring is 1. The van der Waals surface area contributed by atoms with Crippen LogP contribution in [0.15, 0.2) is 18.2 Å². The number of benzene rings is 1. The Morgan fingerprint density at radius 1 is 1.06 bits per heavy atom. The predicted molar refractivity (Wildman–Crippen MR) is 67.0 cm³/mol. The molecule has 16 heavy (non-hydrogen) atoms. The Labute approximate surface area is 97.6 Å². The number of anilines is 1. The second-order valence-electron chi connectivity index (χ2n) is 3.66. The van der Waals surface area contributed by atoms with Crippen molar-refractivity contribution in [2.75, 3.05) is 18.9 Å². The average Bonchev–Trinajstić information content (AvgIpc) is 2.29. The summed E-state index contributed by atoms with van der Waals surface area (Å²) in [5, 5.41) is 0. The second kappa shape index (κ2) is 6.99. The molecule has 0 saturated heterocycles. The van der Waals surface area contributed by atoms with Crippen LogP contribution in [0.5, 0.6) is 11.5 Å². The third-order valence-electron chi connectivity index (χ3n) is 2.33. The van der Waals surface area contributed by atoms with Crippen molar-refractivity contribution < 1.29 is 9.47 Å². The van der Waals surface area contributed by atoms with E-state index in [1.165, 1.54) is 12.8 Å². The third kappa shape index (κ3) is 3.65. The Kier molecular flexibility index (Phi) is 5.54. The molecule has 3 heteroatoms. The van der Waals surface area contributed by atoms with Crippen LogP contribution in [0.3, 0.4) is 0 Å². The monoisotopic (exact) mass is 223 g/mol. The van der Waals surface area contributed by atoms with E-state index in [0.717, 1.165) is 12.2 Å². The summed E-state index contributed by atoms with van der Waals surface area (Å²) in [7, 11) is 0. The number of unbranched alkanes of at least 4 members (excludes halogenated alkanes) is 2. The molecule has 1 aromatic carbocycles. The van der Waals surface area contributed by atoms with Gasteiger partial charge >= 0.3 is 0 Å². The Bertz CT molecular complexity index is 313. The lowest BCUT2D eigenvalue weighted by atomic mass is 10.2. The predicted octanol–water partition coefficient (Wildman–Crippen LogP) is 3.24. The molecule has 3 nitrogen and oxygen atoms in total. The molecule has 1 aromatic rings. The molecular weight excluding hydrogens is 202 g/mol. The lowest BCUT2D eigenvalue weighted by Gasteiger charge is -2.12. The first-order valence-corrected chi connectivity index (χ1v) is 5.93. The van der Waals surface area contributed by atoms with Gasteiger partial charge < -0.3 is 15.2 Å². The summed E-state index contributed by atoms with van der Waals surface area (Å²) in [5.41, 5.74) is 6.53. The van der Waals surface area contributed by atoms with E-state index >= 15 is 0 Å². The fourth-order valence-corrected chi connectivity index (χ4v) is 1.47. The smallest absolute Gasteiger partial charge is 0.146 e. The Balaban J connectivity index is 2.55. The largest absolute Gasteiger partial charge is 0.492 e. The third-order valence-corrected chi connectivity index (χ3v) is 2.33. The van der Waals surface area contributed by atoms with Gasteiger partial charge in [-0.2, -0.15) is 0 Å². The van der Waals surface area contributed by atoms with Gasteiger partial charge in [0.15, 0.2) is 0 Å². The van der Waals surface area contributed by atoms with Gasteiger partial charge in [0.2, 0.25) is 0 Å². The summed E-state index contributed by atoms with van der Waals surface area (Å²) >= 11 is 0. The van der Waals surface area contributed by atoms with Crippen molar-refractivity contribution in [1.29, 1.82) is 0 Å². The molecule has 0 fully saturated rings. The van der Waals surface area contributed by atoms with Crippen LogP contribution in [-0.4, -0.2) is 13.2 Å². The molecule has 0 aliphatic heterocycles. The molecule has 0 amide bonds. The SMILES string of the molecule is CCCCCOc1cccc(OCC)c1N. The fraction of sp³-hybridized carbons (Fsp3) is 0.538. The molecular formula is C13H21NO2. The molecule has 0 heterocycles. The number of nitrogens with two attached hydrogens (primary N) is 1. The molecule has 0 atom stereocenters. The number of ether oxygens (including phenoxy) is 2. The van der Waals surface area contributed by atoms with Crippen molar-refractivity contribution >= 4 is 5.69 Å². The number of hydrogen-bond acceptors (Lipinski definition) is 3. The van der Waals surface area contributed by atoms with Crippen molar-refractivity contribution in [2.24, 2.45) is 0 Å². The summed E-state index contributed by atoms with van der Waals surface area (Å²) in [6.45, 7) is 5.44. The number of para-hydroxylation sites is 1. The summed E-state index contributed by atoms with van der Waals surface area (Å²) in [6, 6.07) is 5.64. The first-order chi connectivity index (χ1) is 7.79. The minimum atomic E-state index is 0.598. The topological polar surface area (TPSA) is 44.5 Å². The zero-order valence-electron chi connectivity index (χ0n) is 10.2. The van der Waals surface area contributed by atoms with Crippen LogP contribution in [0.2, 0.25) is 0 Å². The molecule has 0 radical (unpaired) electrons. The molecule has 0 unspecified atom stereocenters. The summed E-state index contributed by atoms with van der Waals surface area (Å²) in [6.07, 6.45) is 3.44. The maximum atomic E-state index is 5.93. The Hall–Kier alpha value is -1.38. The lowest BCUT2D eigenvalue weighted by Crippen LogP contribution is -2.02. The normalized spacial score (nSPS) is 10.1. The van der Waals surface area contributed by atoms with Crippen LogP contribution in [0.1, 0.15) is 33.1 Å². The maximum absolute atomic E-state index is 5.93. The van der Waals surface area contributed by atoms with E-state index in [0.29, 0.717) is 24.7 Å². The van der Waals surface area contributed by atoms with Crippen molar-refractivity contribution in [3.63, 3.8) is 0 Å². The highest BCUT2D eigenvalue weighted by atomic mass is 16.5. The molecule has 90 valence electrons. The highest BCUT2D eigenvalue weighted by molar-refractivity contribution is 5.62. The van der Waals surface area contributed by atoms with E-state index < -0.39 is 0 Å². The van der Waals surface area contributed by atoms with Gasteiger partial charge in [-0.05, 0) is 25.5 Å². The summed E-state index contributed by atoms with van der Waals surface area (Å²) in [4.78, 5) is 0. The zero-order chi connectivity index (χ0) is 11.8. The van der Waals surface area contributed by atoms with Crippen molar-refractivity contribution in [2.45, 2.75) is 33.1 Å². The minimum Gasteiger partial charge on any atom is -0.492 e. The standard InChI is InChI=1S/C13H21NO2/c1-3-5-6-10-16-12-9-7-8-11(13(12)14)15-4-2/h7-9H,3-6,10,14H2,1-2H3. The molecule has 1 rings (SSSR count). The van der Waals surface area contributed by atoms with E-state index in [2.05, 4.69) is 6.92 Å². The number of hydrogen-bond donors (Lipinski definition) is 1. The minimum absolute atomic E-state index is 0.598. The highest BCUT2D eigenvalue weighted by Gasteiger charge is 2.06. The molecule has 2 N–H and O–H groups in total. The van der Waals surface area contributed by atoms with Crippen LogP contribution < -0.4 is 15.2 Å². The number of rotatable bonds is 7. The van der Waals surface area contributed by atoms with E-state index in [-0.39, 0.29) is 0 Å². The van der Waals surface area contributed by atoms with Gasteiger partial charge in [0.1, 0.15) is 17.2 Å². The van der Waals surface area contributed by atoms with Gasteiger partial charge in [0.25, 0.3) is 0 Å². The van der Waals surface area contributed by atoms with Crippen LogP contribution in [0.4, 0.5) is 5.69 Å². The van der Waals surface area contributed by atoms with Crippen LogP contribution in [0, 0.1) is 0 Å². The van der Waals surface area contributed by atoms with Crippen molar-refractivity contribution in [1.82, 2.24) is 0 Å². The highest BCUT2D eigenvalue weighted by Crippen LogP contribution is 2.31. The van der Waals surface area contributed by atoms with Gasteiger partial charge in [-0.15, -0.1) is 0 Å². The van der Waals surface area contributed by atoms with E-state index in [9.17, 15) is 0 Å². The Morgan fingerprint density at radius 3 is 2.38 bits per heavy atom. The van der Waals surface area contributed by atoms with E-state index in [4.69, 9.17) is 15.2 Å². The molecule has 0 bridgehead atoms. The van der Waals surface area contributed by atoms with Crippen molar-refractivity contribution in [3.8, 4) is 11.5 Å². The quantitative estimate of drug-likeness (QED) is 0.570. The summed E-state index contributed by atoms with van der Waals surface area (Å²) in [5.74, 6) is 1.43. The Morgan fingerprint density at radius 2 is 1.75 bits per heavy atom. The molecule has 0 spiro atoms. The van der Waals surface area contributed by atoms with Gasteiger partial charge in [-0.1, -0.05) is 25.8 Å². The lowest BCUT2D eigenvalue weighted by molar-refractivity contribution is 0.303. The van der Waals surface area contributed by atoms with Gasteiger partial charge in [-0.3, -0.25) is 0 Å².